The molecule has 3 aromatic rings. The van der Waals surface area contributed by atoms with E-state index in [1.807, 2.05) is 50.2 Å². The van der Waals surface area contributed by atoms with Gasteiger partial charge in [-0.05, 0) is 55.6 Å². The molecule has 0 saturated carbocycles. The van der Waals surface area contributed by atoms with Gasteiger partial charge in [0.25, 0.3) is 0 Å². The SMILES string of the molecule is CC(C)(Oc1ccc(N)cc1)c1cc2ccccc2[nH]1. The number of nitrogens with one attached hydrogen (secondary N) is 1. The molecule has 0 aliphatic carbocycles. The zero-order chi connectivity index (χ0) is 14.2. The lowest BCUT2D eigenvalue weighted by Crippen LogP contribution is -2.25. The number of benzene rings is 2. The van der Waals surface area contributed by atoms with Crippen molar-refractivity contribution >= 4 is 16.6 Å². The van der Waals surface area contributed by atoms with Gasteiger partial charge in [-0.3, -0.25) is 0 Å². The van der Waals surface area contributed by atoms with E-state index in [9.17, 15) is 0 Å². The highest BCUT2D eigenvalue weighted by Gasteiger charge is 2.24. The van der Waals surface area contributed by atoms with E-state index in [1.54, 1.807) is 0 Å². The zero-order valence-corrected chi connectivity index (χ0v) is 11.7. The topological polar surface area (TPSA) is 51.0 Å². The van der Waals surface area contributed by atoms with Crippen molar-refractivity contribution < 1.29 is 4.74 Å². The van der Waals surface area contributed by atoms with Gasteiger partial charge in [-0.1, -0.05) is 18.2 Å². The summed E-state index contributed by atoms with van der Waals surface area (Å²) in [6.07, 6.45) is 0. The molecule has 1 aromatic heterocycles. The van der Waals surface area contributed by atoms with Gasteiger partial charge in [-0.25, -0.2) is 0 Å². The molecule has 0 atom stereocenters. The number of nitrogens with two attached hydrogens (primary N) is 1. The molecule has 0 aliphatic heterocycles. The van der Waals surface area contributed by atoms with Gasteiger partial charge in [0.1, 0.15) is 11.4 Å². The molecule has 0 amide bonds. The van der Waals surface area contributed by atoms with Crippen LogP contribution in [0.25, 0.3) is 10.9 Å². The standard InChI is InChI=1S/C17H18N2O/c1-17(2,20-14-9-7-13(18)8-10-14)16-11-12-5-3-4-6-15(12)19-16/h3-11,19H,18H2,1-2H3. The van der Waals surface area contributed by atoms with Gasteiger partial charge < -0.3 is 15.5 Å². The van der Waals surface area contributed by atoms with Crippen molar-refractivity contribution in [1.82, 2.24) is 4.98 Å². The first kappa shape index (κ1) is 12.6. The summed E-state index contributed by atoms with van der Waals surface area (Å²) in [5, 5.41) is 1.19. The van der Waals surface area contributed by atoms with Crippen molar-refractivity contribution in [2.75, 3.05) is 5.73 Å². The fraction of sp³-hybridized carbons (Fsp3) is 0.176. The van der Waals surface area contributed by atoms with Crippen LogP contribution in [0.3, 0.4) is 0 Å². The summed E-state index contributed by atoms with van der Waals surface area (Å²) in [5.74, 6) is 0.808. The van der Waals surface area contributed by atoms with E-state index in [0.717, 1.165) is 22.6 Å². The lowest BCUT2D eigenvalue weighted by Gasteiger charge is -2.25. The van der Waals surface area contributed by atoms with Crippen molar-refractivity contribution in [3.63, 3.8) is 0 Å². The Morgan fingerprint density at radius 1 is 1.00 bits per heavy atom. The Bertz CT molecular complexity index is 693. The molecule has 2 aromatic carbocycles. The van der Waals surface area contributed by atoms with Gasteiger partial charge in [0.05, 0.1) is 5.69 Å². The fourth-order valence-electron chi connectivity index (χ4n) is 2.28. The fourth-order valence-corrected chi connectivity index (χ4v) is 2.28. The van der Waals surface area contributed by atoms with E-state index in [-0.39, 0.29) is 0 Å². The van der Waals surface area contributed by atoms with Crippen LogP contribution >= 0.6 is 0 Å². The Morgan fingerprint density at radius 3 is 2.40 bits per heavy atom. The molecule has 0 bridgehead atoms. The van der Waals surface area contributed by atoms with Crippen LogP contribution in [-0.2, 0) is 5.60 Å². The van der Waals surface area contributed by atoms with E-state index in [1.165, 1.54) is 5.39 Å². The number of para-hydroxylation sites is 1. The van der Waals surface area contributed by atoms with Gasteiger partial charge >= 0.3 is 0 Å². The smallest absolute Gasteiger partial charge is 0.143 e. The van der Waals surface area contributed by atoms with Gasteiger partial charge in [0, 0.05) is 11.2 Å². The monoisotopic (exact) mass is 266 g/mol. The number of hydrogen-bond donors (Lipinski definition) is 2. The molecule has 3 rings (SSSR count). The van der Waals surface area contributed by atoms with Crippen LogP contribution < -0.4 is 10.5 Å². The Labute approximate surface area is 118 Å². The molecule has 3 heteroatoms. The molecule has 0 spiro atoms. The highest BCUT2D eigenvalue weighted by molar-refractivity contribution is 5.80. The first-order chi connectivity index (χ1) is 9.54. The predicted octanol–water partition coefficient (Wildman–Crippen LogP) is 4.06. The maximum Gasteiger partial charge on any atom is 0.143 e. The van der Waals surface area contributed by atoms with E-state index < -0.39 is 5.60 Å². The van der Waals surface area contributed by atoms with Crippen LogP contribution in [-0.4, -0.2) is 4.98 Å². The number of hydrogen-bond acceptors (Lipinski definition) is 2. The molecule has 0 unspecified atom stereocenters. The Hall–Kier alpha value is -2.42. The second-order valence-electron chi connectivity index (χ2n) is 5.45. The number of rotatable bonds is 3. The third kappa shape index (κ3) is 2.35. The summed E-state index contributed by atoms with van der Waals surface area (Å²) in [6, 6.07) is 17.8. The first-order valence-electron chi connectivity index (χ1n) is 6.67. The first-order valence-corrected chi connectivity index (χ1v) is 6.67. The zero-order valence-electron chi connectivity index (χ0n) is 11.7. The van der Waals surface area contributed by atoms with Gasteiger partial charge in [0.15, 0.2) is 0 Å². The minimum atomic E-state index is -0.435. The van der Waals surface area contributed by atoms with Crippen molar-refractivity contribution in [2.24, 2.45) is 0 Å². The summed E-state index contributed by atoms with van der Waals surface area (Å²) >= 11 is 0. The number of H-pyrrole nitrogens is 1. The summed E-state index contributed by atoms with van der Waals surface area (Å²) < 4.78 is 6.09. The lowest BCUT2D eigenvalue weighted by atomic mass is 10.0. The van der Waals surface area contributed by atoms with Crippen molar-refractivity contribution in [1.29, 1.82) is 0 Å². The Morgan fingerprint density at radius 2 is 1.70 bits per heavy atom. The van der Waals surface area contributed by atoms with E-state index in [2.05, 4.69) is 23.2 Å². The predicted molar refractivity (Wildman–Crippen MR) is 82.8 cm³/mol. The van der Waals surface area contributed by atoms with Gasteiger partial charge in [-0.15, -0.1) is 0 Å². The van der Waals surface area contributed by atoms with E-state index in [0.29, 0.717) is 0 Å². The molecule has 20 heavy (non-hydrogen) atoms. The molecular weight excluding hydrogens is 248 g/mol. The van der Waals surface area contributed by atoms with Crippen LogP contribution in [0.2, 0.25) is 0 Å². The highest BCUT2D eigenvalue weighted by Crippen LogP contribution is 2.29. The van der Waals surface area contributed by atoms with E-state index in [4.69, 9.17) is 10.5 Å². The normalized spacial score (nSPS) is 11.7. The third-order valence-corrected chi connectivity index (χ3v) is 3.43. The van der Waals surface area contributed by atoms with Crippen LogP contribution in [0.5, 0.6) is 5.75 Å². The maximum atomic E-state index is 6.09. The lowest BCUT2D eigenvalue weighted by molar-refractivity contribution is 0.105. The highest BCUT2D eigenvalue weighted by atomic mass is 16.5. The van der Waals surface area contributed by atoms with Crippen molar-refractivity contribution in [3.8, 4) is 5.75 Å². The maximum absolute atomic E-state index is 6.09. The molecule has 102 valence electrons. The summed E-state index contributed by atoms with van der Waals surface area (Å²) in [5.41, 5.74) is 8.17. The largest absolute Gasteiger partial charge is 0.482 e. The molecular formula is C17H18N2O. The average molecular weight is 266 g/mol. The minimum absolute atomic E-state index is 0.435. The van der Waals surface area contributed by atoms with Gasteiger partial charge in [-0.2, -0.15) is 0 Å². The van der Waals surface area contributed by atoms with Crippen LogP contribution in [0, 0.1) is 0 Å². The number of fused-ring (bicyclic) bond motifs is 1. The third-order valence-electron chi connectivity index (χ3n) is 3.43. The average Bonchev–Trinajstić information content (AvgIpc) is 2.86. The number of aromatic amines is 1. The second-order valence-corrected chi connectivity index (χ2v) is 5.45. The molecule has 3 nitrogen and oxygen atoms in total. The summed E-state index contributed by atoms with van der Waals surface area (Å²) in [6.45, 7) is 4.10. The molecule has 0 fully saturated rings. The van der Waals surface area contributed by atoms with Gasteiger partial charge in [0.2, 0.25) is 0 Å². The molecule has 0 radical (unpaired) electrons. The number of nitrogen functional groups attached to an aromatic ring is 1. The number of ether oxygens (including phenoxy) is 1. The summed E-state index contributed by atoms with van der Waals surface area (Å²) in [7, 11) is 0. The number of anilines is 1. The molecule has 3 N–H and O–H groups in total. The van der Waals surface area contributed by atoms with Crippen LogP contribution in [0.15, 0.2) is 54.6 Å². The van der Waals surface area contributed by atoms with Crippen LogP contribution in [0.4, 0.5) is 5.69 Å². The minimum Gasteiger partial charge on any atom is -0.482 e. The molecule has 1 heterocycles. The molecule has 0 saturated heterocycles. The quantitative estimate of drug-likeness (QED) is 0.702. The Balaban J connectivity index is 1.92. The van der Waals surface area contributed by atoms with Crippen molar-refractivity contribution in [3.05, 3.63) is 60.3 Å². The van der Waals surface area contributed by atoms with Crippen molar-refractivity contribution in [2.45, 2.75) is 19.4 Å². The summed E-state index contributed by atoms with van der Waals surface area (Å²) in [4.78, 5) is 3.42. The van der Waals surface area contributed by atoms with Crippen LogP contribution in [0.1, 0.15) is 19.5 Å². The second kappa shape index (κ2) is 4.60. The number of aromatic nitrogens is 1. The van der Waals surface area contributed by atoms with E-state index >= 15 is 0 Å². The molecule has 0 aliphatic rings. The Kier molecular flexibility index (Phi) is 2.90.